The molecule has 3 heteroatoms. The highest BCUT2D eigenvalue weighted by molar-refractivity contribution is 4.79. The van der Waals surface area contributed by atoms with Gasteiger partial charge in [0, 0.05) is 5.54 Å². The molecule has 0 aromatic rings. The standard InChI is InChI=1S/C11H24N2O/c1-11(2,9-14)12-8-10-4-6-13(3)7-5-10/h10,12,14H,4-9H2,1-3H3. The minimum atomic E-state index is -0.122. The molecule has 1 heterocycles. The number of aliphatic hydroxyl groups is 1. The topological polar surface area (TPSA) is 35.5 Å². The molecule has 0 radical (unpaired) electrons. The van der Waals surface area contributed by atoms with Crippen molar-refractivity contribution in [2.24, 2.45) is 5.92 Å². The fraction of sp³-hybridized carbons (Fsp3) is 1.00. The van der Waals surface area contributed by atoms with Gasteiger partial charge in [0.25, 0.3) is 0 Å². The molecule has 0 unspecified atom stereocenters. The van der Waals surface area contributed by atoms with Crippen molar-refractivity contribution in [3.05, 3.63) is 0 Å². The molecule has 0 spiro atoms. The third-order valence-electron chi connectivity index (χ3n) is 3.10. The van der Waals surface area contributed by atoms with E-state index >= 15 is 0 Å². The van der Waals surface area contributed by atoms with Gasteiger partial charge in [0.05, 0.1) is 6.61 Å². The maximum atomic E-state index is 9.09. The Morgan fingerprint density at radius 2 is 1.93 bits per heavy atom. The minimum Gasteiger partial charge on any atom is -0.394 e. The third-order valence-corrected chi connectivity index (χ3v) is 3.10. The van der Waals surface area contributed by atoms with Gasteiger partial charge in [-0.15, -0.1) is 0 Å². The lowest BCUT2D eigenvalue weighted by atomic mass is 9.95. The van der Waals surface area contributed by atoms with E-state index < -0.39 is 0 Å². The van der Waals surface area contributed by atoms with Gasteiger partial charge in [-0.1, -0.05) is 0 Å². The molecule has 0 aliphatic carbocycles. The van der Waals surface area contributed by atoms with Crippen LogP contribution in [0.1, 0.15) is 26.7 Å². The van der Waals surface area contributed by atoms with Crippen LogP contribution in [0.15, 0.2) is 0 Å². The number of nitrogens with zero attached hydrogens (tertiary/aromatic N) is 1. The van der Waals surface area contributed by atoms with Gasteiger partial charge in [0.15, 0.2) is 0 Å². The Bertz CT molecular complexity index is 163. The largest absolute Gasteiger partial charge is 0.394 e. The lowest BCUT2D eigenvalue weighted by Crippen LogP contribution is -2.46. The molecule has 1 aliphatic heterocycles. The zero-order chi connectivity index (χ0) is 10.6. The molecule has 0 aromatic heterocycles. The molecular formula is C11H24N2O. The van der Waals surface area contributed by atoms with Gasteiger partial charge in [-0.05, 0) is 59.3 Å². The molecule has 0 saturated carbocycles. The van der Waals surface area contributed by atoms with Crippen molar-refractivity contribution in [3.8, 4) is 0 Å². The number of rotatable bonds is 4. The summed E-state index contributed by atoms with van der Waals surface area (Å²) in [6, 6.07) is 0. The van der Waals surface area contributed by atoms with Crippen molar-refractivity contribution in [3.63, 3.8) is 0 Å². The number of aliphatic hydroxyl groups excluding tert-OH is 1. The summed E-state index contributed by atoms with van der Waals surface area (Å²) in [4.78, 5) is 2.38. The molecule has 1 aliphatic rings. The number of likely N-dealkylation sites (tertiary alicyclic amines) is 1. The van der Waals surface area contributed by atoms with Crippen LogP contribution in [0.3, 0.4) is 0 Å². The average molecular weight is 200 g/mol. The van der Waals surface area contributed by atoms with Crippen LogP contribution in [-0.4, -0.2) is 48.8 Å². The van der Waals surface area contributed by atoms with E-state index in [2.05, 4.69) is 17.3 Å². The average Bonchev–Trinajstić information content (AvgIpc) is 2.17. The summed E-state index contributed by atoms with van der Waals surface area (Å²) in [5, 5.41) is 12.5. The van der Waals surface area contributed by atoms with Gasteiger partial charge in [-0.3, -0.25) is 0 Å². The summed E-state index contributed by atoms with van der Waals surface area (Å²) in [5.74, 6) is 0.789. The van der Waals surface area contributed by atoms with Crippen molar-refractivity contribution in [1.82, 2.24) is 10.2 Å². The van der Waals surface area contributed by atoms with Gasteiger partial charge in [-0.25, -0.2) is 0 Å². The van der Waals surface area contributed by atoms with Gasteiger partial charge in [-0.2, -0.15) is 0 Å². The first-order chi connectivity index (χ1) is 6.53. The minimum absolute atomic E-state index is 0.122. The maximum Gasteiger partial charge on any atom is 0.0607 e. The maximum absolute atomic E-state index is 9.09. The first-order valence-corrected chi connectivity index (χ1v) is 5.58. The molecule has 0 aromatic carbocycles. The molecule has 1 saturated heterocycles. The van der Waals surface area contributed by atoms with Crippen molar-refractivity contribution in [1.29, 1.82) is 0 Å². The second-order valence-corrected chi connectivity index (χ2v) is 5.17. The molecule has 14 heavy (non-hydrogen) atoms. The summed E-state index contributed by atoms with van der Waals surface area (Å²) in [7, 11) is 2.18. The molecule has 1 rings (SSSR count). The van der Waals surface area contributed by atoms with Crippen molar-refractivity contribution in [2.45, 2.75) is 32.2 Å². The lowest BCUT2D eigenvalue weighted by Gasteiger charge is -2.32. The molecule has 2 N–H and O–H groups in total. The predicted octanol–water partition coefficient (Wildman–Crippen LogP) is 0.689. The zero-order valence-corrected chi connectivity index (χ0v) is 9.71. The van der Waals surface area contributed by atoms with Crippen LogP contribution in [0.5, 0.6) is 0 Å². The molecule has 1 fully saturated rings. The second kappa shape index (κ2) is 5.10. The lowest BCUT2D eigenvalue weighted by molar-refractivity contribution is 0.164. The summed E-state index contributed by atoms with van der Waals surface area (Å²) >= 11 is 0. The molecule has 0 amide bonds. The summed E-state index contributed by atoms with van der Waals surface area (Å²) in [5.41, 5.74) is -0.122. The normalized spacial score (nSPS) is 21.4. The molecule has 0 bridgehead atoms. The van der Waals surface area contributed by atoms with Crippen LogP contribution in [0.2, 0.25) is 0 Å². The summed E-state index contributed by atoms with van der Waals surface area (Å²) in [6.45, 7) is 7.77. The smallest absolute Gasteiger partial charge is 0.0607 e. The molecular weight excluding hydrogens is 176 g/mol. The highest BCUT2D eigenvalue weighted by Crippen LogP contribution is 2.15. The van der Waals surface area contributed by atoms with E-state index in [0.717, 1.165) is 12.5 Å². The van der Waals surface area contributed by atoms with Gasteiger partial charge in [0.1, 0.15) is 0 Å². The van der Waals surface area contributed by atoms with Gasteiger partial charge in [0.2, 0.25) is 0 Å². The Kier molecular flexibility index (Phi) is 4.35. The van der Waals surface area contributed by atoms with E-state index in [1.165, 1.54) is 25.9 Å². The van der Waals surface area contributed by atoms with Crippen LogP contribution in [0, 0.1) is 5.92 Å². The quantitative estimate of drug-likeness (QED) is 0.701. The summed E-state index contributed by atoms with van der Waals surface area (Å²) < 4.78 is 0. The highest BCUT2D eigenvalue weighted by Gasteiger charge is 2.20. The van der Waals surface area contributed by atoms with Gasteiger partial charge >= 0.3 is 0 Å². The Morgan fingerprint density at radius 3 is 2.43 bits per heavy atom. The Hall–Kier alpha value is -0.120. The molecule has 84 valence electrons. The van der Waals surface area contributed by atoms with E-state index in [1.54, 1.807) is 0 Å². The Balaban J connectivity index is 2.19. The molecule has 0 atom stereocenters. The third kappa shape index (κ3) is 3.95. The SMILES string of the molecule is CN1CCC(CNC(C)(C)CO)CC1. The van der Waals surface area contributed by atoms with E-state index in [9.17, 15) is 0 Å². The monoisotopic (exact) mass is 200 g/mol. The van der Waals surface area contributed by atoms with E-state index in [1.807, 2.05) is 13.8 Å². The number of piperidine rings is 1. The fourth-order valence-corrected chi connectivity index (χ4v) is 1.74. The van der Waals surface area contributed by atoms with Crippen LogP contribution in [0.25, 0.3) is 0 Å². The highest BCUT2D eigenvalue weighted by atomic mass is 16.3. The predicted molar refractivity (Wildman–Crippen MR) is 59.4 cm³/mol. The number of nitrogens with one attached hydrogen (secondary N) is 1. The second-order valence-electron chi connectivity index (χ2n) is 5.17. The Labute approximate surface area is 87.5 Å². The number of hydrogen-bond acceptors (Lipinski definition) is 3. The fourth-order valence-electron chi connectivity index (χ4n) is 1.74. The van der Waals surface area contributed by atoms with Crippen molar-refractivity contribution >= 4 is 0 Å². The van der Waals surface area contributed by atoms with E-state index in [4.69, 9.17) is 5.11 Å². The zero-order valence-electron chi connectivity index (χ0n) is 9.71. The van der Waals surface area contributed by atoms with Crippen molar-refractivity contribution in [2.75, 3.05) is 33.3 Å². The van der Waals surface area contributed by atoms with E-state index in [-0.39, 0.29) is 12.1 Å². The van der Waals surface area contributed by atoms with Crippen LogP contribution >= 0.6 is 0 Å². The summed E-state index contributed by atoms with van der Waals surface area (Å²) in [6.07, 6.45) is 2.57. The van der Waals surface area contributed by atoms with Crippen LogP contribution in [0.4, 0.5) is 0 Å². The molecule has 3 nitrogen and oxygen atoms in total. The van der Waals surface area contributed by atoms with Crippen LogP contribution < -0.4 is 5.32 Å². The van der Waals surface area contributed by atoms with E-state index in [0.29, 0.717) is 0 Å². The first kappa shape index (κ1) is 12.0. The van der Waals surface area contributed by atoms with Crippen LogP contribution in [-0.2, 0) is 0 Å². The van der Waals surface area contributed by atoms with Gasteiger partial charge < -0.3 is 15.3 Å². The Morgan fingerprint density at radius 1 is 1.36 bits per heavy atom. The van der Waals surface area contributed by atoms with Crippen molar-refractivity contribution < 1.29 is 5.11 Å². The first-order valence-electron chi connectivity index (χ1n) is 5.58. The number of hydrogen-bond donors (Lipinski definition) is 2.